The molecule has 0 spiro atoms. The van der Waals surface area contributed by atoms with Crippen LogP contribution >= 0.6 is 0 Å². The SMILES string of the molecule is Cc1nn(CCC2CCCC2)cc1N. The summed E-state index contributed by atoms with van der Waals surface area (Å²) < 4.78 is 1.99. The third-order valence-electron chi connectivity index (χ3n) is 3.23. The molecule has 1 fully saturated rings. The van der Waals surface area contributed by atoms with Crippen molar-refractivity contribution in [3.05, 3.63) is 11.9 Å². The molecule has 3 nitrogen and oxygen atoms in total. The predicted octanol–water partition coefficient (Wildman–Crippen LogP) is 2.35. The molecule has 2 rings (SSSR count). The van der Waals surface area contributed by atoms with E-state index < -0.39 is 0 Å². The predicted molar refractivity (Wildman–Crippen MR) is 58.0 cm³/mol. The number of hydrogen-bond acceptors (Lipinski definition) is 2. The van der Waals surface area contributed by atoms with E-state index >= 15 is 0 Å². The van der Waals surface area contributed by atoms with Crippen LogP contribution in [-0.2, 0) is 6.54 Å². The second-order valence-corrected chi connectivity index (χ2v) is 4.37. The topological polar surface area (TPSA) is 43.8 Å². The Balaban J connectivity index is 1.85. The molecule has 78 valence electrons. The first-order valence-electron chi connectivity index (χ1n) is 5.55. The van der Waals surface area contributed by atoms with Gasteiger partial charge in [0.05, 0.1) is 11.4 Å². The highest BCUT2D eigenvalue weighted by molar-refractivity contribution is 5.39. The van der Waals surface area contributed by atoms with E-state index in [4.69, 9.17) is 5.73 Å². The van der Waals surface area contributed by atoms with E-state index in [1.807, 2.05) is 17.8 Å². The van der Waals surface area contributed by atoms with Gasteiger partial charge in [-0.2, -0.15) is 5.10 Å². The third-order valence-corrected chi connectivity index (χ3v) is 3.23. The zero-order valence-electron chi connectivity index (χ0n) is 8.87. The molecule has 0 aromatic carbocycles. The Bertz CT molecular complexity index is 278. The van der Waals surface area contributed by atoms with Gasteiger partial charge in [0.25, 0.3) is 0 Å². The molecule has 14 heavy (non-hydrogen) atoms. The van der Waals surface area contributed by atoms with Crippen molar-refractivity contribution in [3.8, 4) is 0 Å². The highest BCUT2D eigenvalue weighted by Gasteiger charge is 2.14. The van der Waals surface area contributed by atoms with Crippen LogP contribution in [0.15, 0.2) is 6.20 Å². The fourth-order valence-electron chi connectivity index (χ4n) is 2.26. The van der Waals surface area contributed by atoms with Crippen molar-refractivity contribution in [1.29, 1.82) is 0 Å². The van der Waals surface area contributed by atoms with E-state index in [0.717, 1.165) is 23.8 Å². The van der Waals surface area contributed by atoms with Crippen LogP contribution in [0.25, 0.3) is 0 Å². The van der Waals surface area contributed by atoms with Crippen molar-refractivity contribution >= 4 is 5.69 Å². The molecule has 1 aliphatic rings. The van der Waals surface area contributed by atoms with E-state index in [0.29, 0.717) is 0 Å². The summed E-state index contributed by atoms with van der Waals surface area (Å²) in [5.41, 5.74) is 7.51. The molecule has 0 atom stereocenters. The minimum Gasteiger partial charge on any atom is -0.396 e. The van der Waals surface area contributed by atoms with Crippen molar-refractivity contribution in [2.45, 2.75) is 45.6 Å². The van der Waals surface area contributed by atoms with Gasteiger partial charge in [-0.25, -0.2) is 0 Å². The van der Waals surface area contributed by atoms with Crippen LogP contribution in [-0.4, -0.2) is 9.78 Å². The standard InChI is InChI=1S/C11H19N3/c1-9-11(12)8-14(13-9)7-6-10-4-2-3-5-10/h8,10H,2-7,12H2,1H3. The molecular weight excluding hydrogens is 174 g/mol. The number of nitrogen functional groups attached to an aromatic ring is 1. The fraction of sp³-hybridized carbons (Fsp3) is 0.727. The van der Waals surface area contributed by atoms with E-state index in [1.54, 1.807) is 0 Å². The van der Waals surface area contributed by atoms with Gasteiger partial charge in [0, 0.05) is 12.7 Å². The zero-order valence-corrected chi connectivity index (χ0v) is 8.87. The molecule has 2 N–H and O–H groups in total. The summed E-state index contributed by atoms with van der Waals surface area (Å²) in [6.07, 6.45) is 8.88. The maximum absolute atomic E-state index is 5.74. The van der Waals surface area contributed by atoms with E-state index in [1.165, 1.54) is 32.1 Å². The smallest absolute Gasteiger partial charge is 0.0822 e. The summed E-state index contributed by atoms with van der Waals surface area (Å²) in [5.74, 6) is 0.931. The van der Waals surface area contributed by atoms with Gasteiger partial charge < -0.3 is 5.73 Å². The normalized spacial score (nSPS) is 17.8. The third kappa shape index (κ3) is 2.08. The number of anilines is 1. The Morgan fingerprint density at radius 3 is 2.79 bits per heavy atom. The van der Waals surface area contributed by atoms with Crippen LogP contribution in [0.3, 0.4) is 0 Å². The van der Waals surface area contributed by atoms with E-state index in [9.17, 15) is 0 Å². The maximum Gasteiger partial charge on any atom is 0.0822 e. The van der Waals surface area contributed by atoms with Crippen LogP contribution < -0.4 is 5.73 Å². The van der Waals surface area contributed by atoms with Gasteiger partial charge in [0.2, 0.25) is 0 Å². The molecule has 1 aliphatic carbocycles. The minimum absolute atomic E-state index is 0.816. The Morgan fingerprint density at radius 1 is 1.50 bits per heavy atom. The fourth-order valence-corrected chi connectivity index (χ4v) is 2.26. The summed E-state index contributed by atoms with van der Waals surface area (Å²) in [6.45, 7) is 2.99. The first kappa shape index (κ1) is 9.56. The lowest BCUT2D eigenvalue weighted by atomic mass is 10.0. The molecule has 0 saturated heterocycles. The lowest BCUT2D eigenvalue weighted by Gasteiger charge is -2.07. The van der Waals surface area contributed by atoms with Crippen LogP contribution in [0, 0.1) is 12.8 Å². The van der Waals surface area contributed by atoms with Crippen LogP contribution in [0.4, 0.5) is 5.69 Å². The van der Waals surface area contributed by atoms with Gasteiger partial charge in [-0.05, 0) is 19.3 Å². The second-order valence-electron chi connectivity index (χ2n) is 4.37. The second kappa shape index (κ2) is 4.03. The van der Waals surface area contributed by atoms with Crippen molar-refractivity contribution in [3.63, 3.8) is 0 Å². The summed E-state index contributed by atoms with van der Waals surface area (Å²) in [5, 5.41) is 4.36. The molecular formula is C11H19N3. The average molecular weight is 193 g/mol. The highest BCUT2D eigenvalue weighted by Crippen LogP contribution is 2.27. The molecule has 0 bridgehead atoms. The van der Waals surface area contributed by atoms with Gasteiger partial charge in [-0.1, -0.05) is 25.7 Å². The van der Waals surface area contributed by atoms with E-state index in [-0.39, 0.29) is 0 Å². The quantitative estimate of drug-likeness (QED) is 0.800. The van der Waals surface area contributed by atoms with Crippen molar-refractivity contribution < 1.29 is 0 Å². The molecule has 0 aliphatic heterocycles. The molecule has 1 saturated carbocycles. The molecule has 0 amide bonds. The molecule has 0 unspecified atom stereocenters. The molecule has 0 radical (unpaired) electrons. The summed E-state index contributed by atoms with van der Waals surface area (Å²) in [4.78, 5) is 0. The molecule has 1 aromatic rings. The summed E-state index contributed by atoms with van der Waals surface area (Å²) in [7, 11) is 0. The molecule has 3 heteroatoms. The Labute approximate surface area is 85.3 Å². The van der Waals surface area contributed by atoms with Crippen molar-refractivity contribution in [2.75, 3.05) is 5.73 Å². The van der Waals surface area contributed by atoms with Gasteiger partial charge in [-0.3, -0.25) is 4.68 Å². The number of nitrogens with two attached hydrogens (primary N) is 1. The minimum atomic E-state index is 0.816. The first-order valence-corrected chi connectivity index (χ1v) is 5.55. The van der Waals surface area contributed by atoms with Gasteiger partial charge >= 0.3 is 0 Å². The Kier molecular flexibility index (Phi) is 2.75. The lowest BCUT2D eigenvalue weighted by molar-refractivity contribution is 0.439. The monoisotopic (exact) mass is 193 g/mol. The number of aromatic nitrogens is 2. The zero-order chi connectivity index (χ0) is 9.97. The Hall–Kier alpha value is -0.990. The average Bonchev–Trinajstić information content (AvgIpc) is 2.74. The first-order chi connectivity index (χ1) is 6.75. The summed E-state index contributed by atoms with van der Waals surface area (Å²) in [6, 6.07) is 0. The number of hydrogen-bond donors (Lipinski definition) is 1. The highest BCUT2D eigenvalue weighted by atomic mass is 15.3. The number of rotatable bonds is 3. The van der Waals surface area contributed by atoms with Crippen molar-refractivity contribution in [2.24, 2.45) is 5.92 Å². The van der Waals surface area contributed by atoms with Crippen LogP contribution in [0.1, 0.15) is 37.8 Å². The maximum atomic E-state index is 5.74. The van der Waals surface area contributed by atoms with Gasteiger partial charge in [0.1, 0.15) is 0 Å². The van der Waals surface area contributed by atoms with Crippen LogP contribution in [0.2, 0.25) is 0 Å². The molecule has 1 heterocycles. The molecule has 1 aromatic heterocycles. The van der Waals surface area contributed by atoms with E-state index in [2.05, 4.69) is 5.10 Å². The van der Waals surface area contributed by atoms with Gasteiger partial charge in [0.15, 0.2) is 0 Å². The number of nitrogens with zero attached hydrogens (tertiary/aromatic N) is 2. The van der Waals surface area contributed by atoms with Crippen LogP contribution in [0.5, 0.6) is 0 Å². The summed E-state index contributed by atoms with van der Waals surface area (Å²) >= 11 is 0. The van der Waals surface area contributed by atoms with Gasteiger partial charge in [-0.15, -0.1) is 0 Å². The Morgan fingerprint density at radius 2 is 2.21 bits per heavy atom. The lowest BCUT2D eigenvalue weighted by Crippen LogP contribution is -2.04. The largest absolute Gasteiger partial charge is 0.396 e. The van der Waals surface area contributed by atoms with Crippen molar-refractivity contribution in [1.82, 2.24) is 9.78 Å². The number of aryl methyl sites for hydroxylation is 2.